The lowest BCUT2D eigenvalue weighted by molar-refractivity contribution is -0.123. The minimum absolute atomic E-state index is 0.0736. The quantitative estimate of drug-likeness (QED) is 0.844. The molecule has 4 nitrogen and oxygen atoms in total. The smallest absolute Gasteiger partial charge is 0.236 e. The van der Waals surface area contributed by atoms with Gasteiger partial charge in [0, 0.05) is 19.2 Å². The van der Waals surface area contributed by atoms with Gasteiger partial charge < -0.3 is 10.1 Å². The number of hydrogen-bond donors (Lipinski definition) is 2. The molecule has 1 aromatic rings. The zero-order chi connectivity index (χ0) is 16.1. The van der Waals surface area contributed by atoms with Crippen LogP contribution in [0.2, 0.25) is 5.02 Å². The van der Waals surface area contributed by atoms with Gasteiger partial charge in [-0.25, -0.2) is 4.39 Å². The molecule has 1 amide bonds. The fourth-order valence-corrected chi connectivity index (χ4v) is 2.69. The lowest BCUT2D eigenvalue weighted by Gasteiger charge is -2.21. The molecule has 0 saturated carbocycles. The van der Waals surface area contributed by atoms with Crippen LogP contribution in [0.1, 0.15) is 38.3 Å². The van der Waals surface area contributed by atoms with Crippen molar-refractivity contribution in [3.05, 3.63) is 34.6 Å². The van der Waals surface area contributed by atoms with Crippen LogP contribution in [0.15, 0.2) is 18.2 Å². The largest absolute Gasteiger partial charge is 0.376 e. The Morgan fingerprint density at radius 3 is 2.91 bits per heavy atom. The molecule has 1 aliphatic rings. The van der Waals surface area contributed by atoms with Crippen LogP contribution in [-0.2, 0) is 9.53 Å². The van der Waals surface area contributed by atoms with Crippen molar-refractivity contribution in [1.29, 1.82) is 0 Å². The van der Waals surface area contributed by atoms with E-state index < -0.39 is 5.82 Å². The Kier molecular flexibility index (Phi) is 6.17. The lowest BCUT2D eigenvalue weighted by Crippen LogP contribution is -2.45. The second-order valence-corrected chi connectivity index (χ2v) is 6.07. The fourth-order valence-electron chi connectivity index (χ4n) is 2.50. The van der Waals surface area contributed by atoms with Gasteiger partial charge in [-0.2, -0.15) is 0 Å². The number of ether oxygens (including phenoxy) is 1. The predicted octanol–water partition coefficient (Wildman–Crippen LogP) is 2.81. The highest BCUT2D eigenvalue weighted by Gasteiger charge is 2.20. The maximum atomic E-state index is 13.2. The van der Waals surface area contributed by atoms with Gasteiger partial charge in [0.15, 0.2) is 0 Å². The average molecular weight is 329 g/mol. The Balaban J connectivity index is 1.82. The second-order valence-electron chi connectivity index (χ2n) is 5.66. The third kappa shape index (κ3) is 4.66. The molecule has 0 bridgehead atoms. The summed E-state index contributed by atoms with van der Waals surface area (Å²) in [5, 5.41) is 6.16. The zero-order valence-corrected chi connectivity index (χ0v) is 13.6. The van der Waals surface area contributed by atoms with Crippen LogP contribution in [0.25, 0.3) is 0 Å². The maximum absolute atomic E-state index is 13.2. The van der Waals surface area contributed by atoms with Gasteiger partial charge in [-0.15, -0.1) is 0 Å². The molecule has 1 heterocycles. The summed E-state index contributed by atoms with van der Waals surface area (Å²) in [6.07, 6.45) is 2.17. The molecule has 0 aliphatic carbocycles. The molecule has 0 unspecified atom stereocenters. The van der Waals surface area contributed by atoms with Gasteiger partial charge in [0.05, 0.1) is 17.2 Å². The number of carbonyl (C=O) groups is 1. The Labute approximate surface area is 135 Å². The van der Waals surface area contributed by atoms with Crippen LogP contribution in [0.4, 0.5) is 4.39 Å². The molecular weight excluding hydrogens is 307 g/mol. The van der Waals surface area contributed by atoms with Crippen molar-refractivity contribution in [2.45, 2.75) is 44.9 Å². The van der Waals surface area contributed by atoms with Crippen molar-refractivity contribution < 1.29 is 13.9 Å². The van der Waals surface area contributed by atoms with E-state index in [1.54, 1.807) is 19.1 Å². The van der Waals surface area contributed by atoms with E-state index in [1.807, 2.05) is 6.92 Å². The van der Waals surface area contributed by atoms with Gasteiger partial charge >= 0.3 is 0 Å². The van der Waals surface area contributed by atoms with Crippen LogP contribution in [0.5, 0.6) is 0 Å². The monoisotopic (exact) mass is 328 g/mol. The van der Waals surface area contributed by atoms with Crippen molar-refractivity contribution >= 4 is 17.5 Å². The van der Waals surface area contributed by atoms with E-state index in [0.29, 0.717) is 6.54 Å². The van der Waals surface area contributed by atoms with Crippen LogP contribution in [0.3, 0.4) is 0 Å². The number of hydrogen-bond acceptors (Lipinski definition) is 3. The van der Waals surface area contributed by atoms with Gasteiger partial charge in [-0.3, -0.25) is 10.1 Å². The summed E-state index contributed by atoms with van der Waals surface area (Å²) in [7, 11) is 0. The highest BCUT2D eigenvalue weighted by molar-refractivity contribution is 6.30. The van der Waals surface area contributed by atoms with Gasteiger partial charge in [0.1, 0.15) is 5.82 Å². The highest BCUT2D eigenvalue weighted by Crippen LogP contribution is 2.21. The van der Waals surface area contributed by atoms with Crippen molar-refractivity contribution in [3.63, 3.8) is 0 Å². The van der Waals surface area contributed by atoms with Crippen LogP contribution < -0.4 is 10.6 Å². The Bertz CT molecular complexity index is 521. The first-order chi connectivity index (χ1) is 10.5. The van der Waals surface area contributed by atoms with E-state index in [1.165, 1.54) is 6.07 Å². The summed E-state index contributed by atoms with van der Waals surface area (Å²) in [6, 6.07) is 4.10. The van der Waals surface area contributed by atoms with E-state index in [0.717, 1.165) is 25.0 Å². The zero-order valence-electron chi connectivity index (χ0n) is 12.9. The first-order valence-corrected chi connectivity index (χ1v) is 7.95. The molecule has 6 heteroatoms. The van der Waals surface area contributed by atoms with Crippen molar-refractivity contribution in [2.24, 2.45) is 0 Å². The van der Waals surface area contributed by atoms with E-state index in [2.05, 4.69) is 10.6 Å². The van der Waals surface area contributed by atoms with Crippen LogP contribution in [-0.4, -0.2) is 31.2 Å². The number of benzene rings is 1. The predicted molar refractivity (Wildman–Crippen MR) is 84.4 cm³/mol. The molecule has 3 atom stereocenters. The minimum atomic E-state index is -0.444. The van der Waals surface area contributed by atoms with Gasteiger partial charge in [0.2, 0.25) is 5.91 Å². The normalized spacial score (nSPS) is 20.6. The Morgan fingerprint density at radius 2 is 2.27 bits per heavy atom. The van der Waals surface area contributed by atoms with Crippen molar-refractivity contribution in [1.82, 2.24) is 10.6 Å². The van der Waals surface area contributed by atoms with Gasteiger partial charge in [0.25, 0.3) is 0 Å². The van der Waals surface area contributed by atoms with Crippen molar-refractivity contribution in [3.8, 4) is 0 Å². The van der Waals surface area contributed by atoms with Gasteiger partial charge in [-0.1, -0.05) is 17.7 Å². The van der Waals surface area contributed by atoms with Crippen LogP contribution >= 0.6 is 11.6 Å². The summed E-state index contributed by atoms with van der Waals surface area (Å²) in [5.74, 6) is -0.518. The number of halogens is 2. The summed E-state index contributed by atoms with van der Waals surface area (Å²) >= 11 is 5.78. The minimum Gasteiger partial charge on any atom is -0.376 e. The molecule has 0 radical (unpaired) electrons. The fraction of sp³-hybridized carbons (Fsp3) is 0.562. The number of carbonyl (C=O) groups excluding carboxylic acids is 1. The van der Waals surface area contributed by atoms with E-state index in [4.69, 9.17) is 16.3 Å². The van der Waals surface area contributed by atoms with E-state index in [-0.39, 0.29) is 29.1 Å². The third-order valence-corrected chi connectivity index (χ3v) is 4.15. The number of nitrogens with one attached hydrogen (secondary N) is 2. The molecular formula is C16H22ClFN2O2. The molecule has 1 fully saturated rings. The number of rotatable bonds is 6. The molecule has 1 aromatic carbocycles. The summed E-state index contributed by atoms with van der Waals surface area (Å²) in [5.41, 5.74) is 0.838. The SMILES string of the molecule is C[C@H](N[C@@H](C)c1ccc(F)c(Cl)c1)C(=O)NC[C@H]1CCCO1. The summed E-state index contributed by atoms with van der Waals surface area (Å²) in [6.45, 7) is 5.03. The van der Waals surface area contributed by atoms with E-state index >= 15 is 0 Å². The molecule has 1 saturated heterocycles. The standard InChI is InChI=1S/C16H22ClFN2O2/c1-10(12-5-6-15(18)14(17)8-12)20-11(2)16(21)19-9-13-4-3-7-22-13/h5-6,8,10-11,13,20H,3-4,7,9H2,1-2H3,(H,19,21)/t10-,11-,13+/m0/s1. The van der Waals surface area contributed by atoms with Gasteiger partial charge in [-0.05, 0) is 44.4 Å². The lowest BCUT2D eigenvalue weighted by atomic mass is 10.1. The first-order valence-electron chi connectivity index (χ1n) is 7.57. The Morgan fingerprint density at radius 1 is 1.50 bits per heavy atom. The second kappa shape index (κ2) is 7.90. The summed E-state index contributed by atoms with van der Waals surface area (Å²) in [4.78, 5) is 12.1. The topological polar surface area (TPSA) is 50.4 Å². The average Bonchev–Trinajstić information content (AvgIpc) is 3.00. The van der Waals surface area contributed by atoms with Crippen molar-refractivity contribution in [2.75, 3.05) is 13.2 Å². The molecule has 2 rings (SSSR count). The molecule has 1 aliphatic heterocycles. The molecule has 2 N–H and O–H groups in total. The molecule has 22 heavy (non-hydrogen) atoms. The van der Waals surface area contributed by atoms with E-state index in [9.17, 15) is 9.18 Å². The maximum Gasteiger partial charge on any atom is 0.236 e. The first kappa shape index (κ1) is 17.2. The third-order valence-electron chi connectivity index (χ3n) is 3.86. The molecule has 0 spiro atoms. The van der Waals surface area contributed by atoms with Crippen LogP contribution in [0, 0.1) is 5.82 Å². The number of amides is 1. The Hall–Kier alpha value is -1.17. The molecule has 0 aromatic heterocycles. The molecule has 122 valence electrons. The highest BCUT2D eigenvalue weighted by atomic mass is 35.5. The summed E-state index contributed by atoms with van der Waals surface area (Å²) < 4.78 is 18.6.